The molecule has 27 heavy (non-hydrogen) atoms. The second-order valence-electron chi connectivity index (χ2n) is 7.98. The summed E-state index contributed by atoms with van der Waals surface area (Å²) in [5.41, 5.74) is 4.92. The van der Waals surface area contributed by atoms with Crippen molar-refractivity contribution in [2.45, 2.75) is 64.8 Å². The number of pyridine rings is 1. The zero-order valence-corrected chi connectivity index (χ0v) is 16.7. The van der Waals surface area contributed by atoms with E-state index < -0.39 is 17.6 Å². The van der Waals surface area contributed by atoms with E-state index in [2.05, 4.69) is 0 Å². The molecule has 0 saturated heterocycles. The van der Waals surface area contributed by atoms with E-state index in [0.29, 0.717) is 12.1 Å². The van der Waals surface area contributed by atoms with Gasteiger partial charge in [0.15, 0.2) is 0 Å². The minimum Gasteiger partial charge on any atom is -0.444 e. The number of carbonyl (C=O) groups excluding carboxylic acids is 2. The second-order valence-corrected chi connectivity index (χ2v) is 7.98. The number of carbonyl (C=O) groups is 2. The Hall–Kier alpha value is -2.35. The highest BCUT2D eigenvalue weighted by atomic mass is 16.6. The molecule has 1 atom stereocenters. The maximum Gasteiger partial charge on any atom is 0.410 e. The van der Waals surface area contributed by atoms with Gasteiger partial charge in [0.05, 0.1) is 19.2 Å². The van der Waals surface area contributed by atoms with E-state index in [1.807, 2.05) is 6.92 Å². The van der Waals surface area contributed by atoms with E-state index >= 15 is 0 Å². The normalized spacial score (nSPS) is 15.3. The summed E-state index contributed by atoms with van der Waals surface area (Å²) in [7, 11) is 1.57. The van der Waals surface area contributed by atoms with Gasteiger partial charge in [-0.1, -0.05) is 0 Å². The predicted octanol–water partition coefficient (Wildman–Crippen LogP) is 2.05. The van der Waals surface area contributed by atoms with Crippen molar-refractivity contribution in [3.8, 4) is 0 Å². The van der Waals surface area contributed by atoms with Gasteiger partial charge < -0.3 is 24.7 Å². The lowest BCUT2D eigenvalue weighted by Crippen LogP contribution is -2.41. The van der Waals surface area contributed by atoms with E-state index in [-0.39, 0.29) is 29.8 Å². The van der Waals surface area contributed by atoms with Crippen molar-refractivity contribution in [1.29, 1.82) is 0 Å². The molecule has 1 aromatic heterocycles. The predicted molar refractivity (Wildman–Crippen MR) is 101 cm³/mol. The zero-order valence-electron chi connectivity index (χ0n) is 16.7. The lowest BCUT2D eigenvalue weighted by molar-refractivity contribution is 0.00888. The fourth-order valence-corrected chi connectivity index (χ4v) is 2.68. The lowest BCUT2D eigenvalue weighted by atomic mass is 10.1. The summed E-state index contributed by atoms with van der Waals surface area (Å²) < 4.78 is 12.3. The Morgan fingerprint density at radius 2 is 2.00 bits per heavy atom. The van der Waals surface area contributed by atoms with Gasteiger partial charge >= 0.3 is 6.09 Å². The van der Waals surface area contributed by atoms with E-state index in [0.717, 1.165) is 12.8 Å². The fraction of sp³-hybridized carbons (Fsp3) is 0.632. The Labute approximate surface area is 159 Å². The molecule has 0 bridgehead atoms. The van der Waals surface area contributed by atoms with Gasteiger partial charge in [-0.2, -0.15) is 0 Å². The summed E-state index contributed by atoms with van der Waals surface area (Å²) in [5.74, 6) is -0.773. The van der Waals surface area contributed by atoms with E-state index in [1.165, 1.54) is 11.0 Å². The topological polar surface area (TPSA) is 104 Å². The van der Waals surface area contributed by atoms with Crippen molar-refractivity contribution in [2.75, 3.05) is 13.7 Å². The number of hydrogen-bond donors (Lipinski definition) is 1. The minimum atomic E-state index is -0.773. The van der Waals surface area contributed by atoms with Crippen molar-refractivity contribution in [3.05, 3.63) is 33.7 Å². The monoisotopic (exact) mass is 379 g/mol. The van der Waals surface area contributed by atoms with Crippen LogP contribution in [0.4, 0.5) is 4.79 Å². The first kappa shape index (κ1) is 21.0. The smallest absolute Gasteiger partial charge is 0.410 e. The van der Waals surface area contributed by atoms with Crippen LogP contribution in [0, 0.1) is 0 Å². The SMILES string of the molecule is CO[C@@H](C)CN(Cc1cc(C(N)=O)c(=O)n(C2CC2)c1)C(=O)OC(C)(C)C. The van der Waals surface area contributed by atoms with Crippen LogP contribution in [-0.2, 0) is 16.0 Å². The number of rotatable bonds is 7. The highest BCUT2D eigenvalue weighted by Crippen LogP contribution is 2.33. The highest BCUT2D eigenvalue weighted by Gasteiger charge is 2.28. The van der Waals surface area contributed by atoms with Crippen LogP contribution in [-0.4, -0.2) is 46.8 Å². The van der Waals surface area contributed by atoms with Crippen LogP contribution in [0.5, 0.6) is 0 Å². The number of nitrogens with zero attached hydrogens (tertiary/aromatic N) is 2. The summed E-state index contributed by atoms with van der Waals surface area (Å²) in [6.45, 7) is 7.71. The summed E-state index contributed by atoms with van der Waals surface area (Å²) in [6.07, 6.45) is 2.77. The summed E-state index contributed by atoms with van der Waals surface area (Å²) in [5, 5.41) is 0. The molecule has 1 heterocycles. The van der Waals surface area contributed by atoms with Crippen LogP contribution in [0.3, 0.4) is 0 Å². The van der Waals surface area contributed by atoms with Crippen molar-refractivity contribution in [3.63, 3.8) is 0 Å². The van der Waals surface area contributed by atoms with Crippen molar-refractivity contribution >= 4 is 12.0 Å². The number of aromatic nitrogens is 1. The first-order valence-electron chi connectivity index (χ1n) is 9.07. The van der Waals surface area contributed by atoms with Crippen molar-refractivity contribution < 1.29 is 19.1 Å². The number of nitrogens with two attached hydrogens (primary N) is 1. The summed E-state index contributed by atoms with van der Waals surface area (Å²) in [4.78, 5) is 38.2. The third-order valence-electron chi connectivity index (χ3n) is 4.21. The Bertz CT molecular complexity index is 762. The standard InChI is InChI=1S/C19H29N3O5/c1-12(26-5)9-21(18(25)27-19(2,3)4)10-13-8-15(16(20)23)17(24)22(11-13)14-6-7-14/h8,11-12,14H,6-7,9-10H2,1-5H3,(H2,20,23)/t12-/m0/s1. The molecule has 8 heteroatoms. The average molecular weight is 379 g/mol. The van der Waals surface area contributed by atoms with Crippen LogP contribution in [0.2, 0.25) is 0 Å². The summed E-state index contributed by atoms with van der Waals surface area (Å²) >= 11 is 0. The quantitative estimate of drug-likeness (QED) is 0.781. The number of primary amides is 1. The molecular weight excluding hydrogens is 350 g/mol. The largest absolute Gasteiger partial charge is 0.444 e. The molecule has 1 aliphatic rings. The second kappa shape index (κ2) is 8.12. The van der Waals surface area contributed by atoms with Crippen LogP contribution < -0.4 is 11.3 Å². The molecule has 1 aliphatic carbocycles. The van der Waals surface area contributed by atoms with Crippen LogP contribution >= 0.6 is 0 Å². The van der Waals surface area contributed by atoms with Gasteiger partial charge in [0, 0.05) is 19.3 Å². The maximum atomic E-state index is 12.6. The molecule has 0 unspecified atom stereocenters. The Kier molecular flexibility index (Phi) is 6.30. The molecule has 150 valence electrons. The first-order chi connectivity index (χ1) is 12.5. The number of hydrogen-bond acceptors (Lipinski definition) is 5. The Balaban J connectivity index is 2.34. The highest BCUT2D eigenvalue weighted by molar-refractivity contribution is 5.92. The third-order valence-corrected chi connectivity index (χ3v) is 4.21. The van der Waals surface area contributed by atoms with Crippen LogP contribution in [0.1, 0.15) is 62.5 Å². The summed E-state index contributed by atoms with van der Waals surface area (Å²) in [6, 6.07) is 1.54. The first-order valence-corrected chi connectivity index (χ1v) is 9.07. The van der Waals surface area contributed by atoms with E-state index in [4.69, 9.17) is 15.2 Å². The molecule has 0 radical (unpaired) electrons. The number of methoxy groups -OCH3 is 1. The number of amides is 2. The Morgan fingerprint density at radius 3 is 2.48 bits per heavy atom. The molecule has 2 amide bonds. The van der Waals surface area contributed by atoms with Gasteiger partial charge in [0.25, 0.3) is 11.5 Å². The van der Waals surface area contributed by atoms with Crippen LogP contribution in [0.25, 0.3) is 0 Å². The minimum absolute atomic E-state index is 0.0664. The van der Waals surface area contributed by atoms with Gasteiger partial charge in [0.1, 0.15) is 11.2 Å². The fourth-order valence-electron chi connectivity index (χ4n) is 2.68. The molecule has 0 aromatic carbocycles. The van der Waals surface area contributed by atoms with Gasteiger partial charge in [0.2, 0.25) is 0 Å². The molecule has 2 rings (SSSR count). The van der Waals surface area contributed by atoms with Gasteiger partial charge in [-0.3, -0.25) is 9.59 Å². The van der Waals surface area contributed by atoms with Gasteiger partial charge in [-0.15, -0.1) is 0 Å². The molecule has 0 spiro atoms. The third kappa shape index (κ3) is 5.82. The van der Waals surface area contributed by atoms with E-state index in [9.17, 15) is 14.4 Å². The molecule has 2 N–H and O–H groups in total. The number of ether oxygens (including phenoxy) is 2. The van der Waals surface area contributed by atoms with Crippen molar-refractivity contribution in [2.24, 2.45) is 5.73 Å². The molecule has 1 saturated carbocycles. The van der Waals surface area contributed by atoms with Crippen LogP contribution in [0.15, 0.2) is 17.1 Å². The molecule has 0 aliphatic heterocycles. The molecule has 8 nitrogen and oxygen atoms in total. The molecular formula is C19H29N3O5. The average Bonchev–Trinajstić information content (AvgIpc) is 3.38. The maximum absolute atomic E-state index is 12.6. The van der Waals surface area contributed by atoms with E-state index in [1.54, 1.807) is 38.6 Å². The zero-order chi connectivity index (χ0) is 20.4. The molecule has 1 aromatic rings. The Morgan fingerprint density at radius 1 is 1.37 bits per heavy atom. The van der Waals surface area contributed by atoms with Gasteiger partial charge in [-0.25, -0.2) is 4.79 Å². The van der Waals surface area contributed by atoms with Crippen molar-refractivity contribution in [1.82, 2.24) is 9.47 Å². The lowest BCUT2D eigenvalue weighted by Gasteiger charge is -2.29. The van der Waals surface area contributed by atoms with Gasteiger partial charge in [-0.05, 0) is 52.2 Å². The molecule has 1 fully saturated rings.